The third-order valence-corrected chi connectivity index (χ3v) is 2.50. The van der Waals surface area contributed by atoms with E-state index in [9.17, 15) is 0 Å². The largest absolute Gasteiger partial charge is 0.375 e. The van der Waals surface area contributed by atoms with Gasteiger partial charge in [-0.05, 0) is 39.3 Å². The van der Waals surface area contributed by atoms with Gasteiger partial charge in [0, 0.05) is 25.9 Å². The minimum Gasteiger partial charge on any atom is -0.375 e. The van der Waals surface area contributed by atoms with Crippen molar-refractivity contribution in [3.8, 4) is 0 Å². The summed E-state index contributed by atoms with van der Waals surface area (Å²) in [5.41, 5.74) is 2.22. The van der Waals surface area contributed by atoms with E-state index in [0.29, 0.717) is 0 Å². The van der Waals surface area contributed by atoms with Gasteiger partial charge in [0.2, 0.25) is 0 Å². The Morgan fingerprint density at radius 2 is 2.19 bits per heavy atom. The first-order chi connectivity index (χ1) is 7.55. The number of hydrogen-bond acceptors (Lipinski definition) is 3. The second kappa shape index (κ2) is 5.97. The minimum absolute atomic E-state index is 0.114. The Kier molecular flexibility index (Phi) is 4.90. The molecule has 0 bridgehead atoms. The Balaban J connectivity index is 2.39. The molecule has 0 aliphatic carbocycles. The van der Waals surface area contributed by atoms with Gasteiger partial charge in [-0.15, -0.1) is 0 Å². The third kappa shape index (κ3) is 4.29. The highest BCUT2D eigenvalue weighted by molar-refractivity contribution is 5.17. The molecule has 0 amide bonds. The van der Waals surface area contributed by atoms with Crippen LogP contribution in [-0.2, 0) is 11.3 Å². The molecule has 0 aromatic carbocycles. The predicted octanol–water partition coefficient (Wildman–Crippen LogP) is 2.29. The summed E-state index contributed by atoms with van der Waals surface area (Å²) >= 11 is 0. The Morgan fingerprint density at radius 3 is 2.81 bits per heavy atom. The SMILES string of the molecule is CCOC(C)(C)CNCc1ncccc1C. The summed E-state index contributed by atoms with van der Waals surface area (Å²) < 4.78 is 5.61. The van der Waals surface area contributed by atoms with Crippen LogP contribution >= 0.6 is 0 Å². The molecule has 0 aliphatic rings. The lowest BCUT2D eigenvalue weighted by Gasteiger charge is -2.25. The second-order valence-electron chi connectivity index (χ2n) is 4.56. The normalized spacial score (nSPS) is 11.8. The van der Waals surface area contributed by atoms with Gasteiger partial charge in [-0.3, -0.25) is 4.98 Å². The Bertz CT molecular complexity index is 323. The molecule has 0 aliphatic heterocycles. The number of hydrogen-bond donors (Lipinski definition) is 1. The van der Waals surface area contributed by atoms with E-state index in [2.05, 4.69) is 37.1 Å². The summed E-state index contributed by atoms with van der Waals surface area (Å²) in [6.07, 6.45) is 1.83. The van der Waals surface area contributed by atoms with Gasteiger partial charge in [0.15, 0.2) is 0 Å². The van der Waals surface area contributed by atoms with Gasteiger partial charge in [-0.2, -0.15) is 0 Å². The molecule has 16 heavy (non-hydrogen) atoms. The number of ether oxygens (including phenoxy) is 1. The average Bonchev–Trinajstić information content (AvgIpc) is 2.20. The Hall–Kier alpha value is -0.930. The first kappa shape index (κ1) is 13.1. The van der Waals surface area contributed by atoms with Crippen molar-refractivity contribution in [2.24, 2.45) is 0 Å². The highest BCUT2D eigenvalue weighted by atomic mass is 16.5. The van der Waals surface area contributed by atoms with Crippen LogP contribution in [-0.4, -0.2) is 23.7 Å². The van der Waals surface area contributed by atoms with Gasteiger partial charge >= 0.3 is 0 Å². The second-order valence-corrected chi connectivity index (χ2v) is 4.56. The number of pyridine rings is 1. The number of aromatic nitrogens is 1. The van der Waals surface area contributed by atoms with Gasteiger partial charge in [0.05, 0.1) is 11.3 Å². The zero-order chi connectivity index (χ0) is 12.0. The number of aryl methyl sites for hydroxylation is 1. The minimum atomic E-state index is -0.114. The summed E-state index contributed by atoms with van der Waals surface area (Å²) in [5, 5.41) is 3.38. The molecule has 0 atom stereocenters. The lowest BCUT2D eigenvalue weighted by Crippen LogP contribution is -2.37. The monoisotopic (exact) mass is 222 g/mol. The van der Waals surface area contributed by atoms with Crippen LogP contribution in [0.4, 0.5) is 0 Å². The molecule has 0 saturated carbocycles. The van der Waals surface area contributed by atoms with E-state index < -0.39 is 0 Å². The van der Waals surface area contributed by atoms with Gasteiger partial charge < -0.3 is 10.1 Å². The summed E-state index contributed by atoms with van der Waals surface area (Å²) in [6.45, 7) is 10.7. The zero-order valence-electron chi connectivity index (χ0n) is 10.7. The van der Waals surface area contributed by atoms with Crippen molar-refractivity contribution in [2.45, 2.75) is 39.8 Å². The zero-order valence-corrected chi connectivity index (χ0v) is 10.7. The van der Waals surface area contributed by atoms with E-state index in [-0.39, 0.29) is 5.60 Å². The third-order valence-electron chi connectivity index (χ3n) is 2.50. The van der Waals surface area contributed by atoms with E-state index in [1.807, 2.05) is 19.2 Å². The summed E-state index contributed by atoms with van der Waals surface area (Å²) in [6, 6.07) is 4.04. The summed E-state index contributed by atoms with van der Waals surface area (Å²) in [5.74, 6) is 0. The van der Waals surface area contributed by atoms with E-state index in [0.717, 1.165) is 25.4 Å². The smallest absolute Gasteiger partial charge is 0.0750 e. The van der Waals surface area contributed by atoms with Crippen molar-refractivity contribution in [3.63, 3.8) is 0 Å². The molecule has 1 N–H and O–H groups in total. The maximum Gasteiger partial charge on any atom is 0.0750 e. The molecule has 90 valence electrons. The first-order valence-electron chi connectivity index (χ1n) is 5.80. The average molecular weight is 222 g/mol. The van der Waals surface area contributed by atoms with Crippen LogP contribution in [0.1, 0.15) is 32.0 Å². The quantitative estimate of drug-likeness (QED) is 0.802. The molecular formula is C13H22N2O. The van der Waals surface area contributed by atoms with Gasteiger partial charge in [0.25, 0.3) is 0 Å². The molecule has 1 aromatic rings. The topological polar surface area (TPSA) is 34.1 Å². The number of rotatable bonds is 6. The predicted molar refractivity (Wildman–Crippen MR) is 66.4 cm³/mol. The van der Waals surface area contributed by atoms with E-state index in [1.54, 1.807) is 0 Å². The fourth-order valence-electron chi connectivity index (χ4n) is 1.63. The van der Waals surface area contributed by atoms with E-state index in [4.69, 9.17) is 4.74 Å². The molecule has 0 fully saturated rings. The molecule has 1 aromatic heterocycles. The van der Waals surface area contributed by atoms with E-state index >= 15 is 0 Å². The fraction of sp³-hybridized carbons (Fsp3) is 0.615. The number of nitrogens with zero attached hydrogens (tertiary/aromatic N) is 1. The lowest BCUT2D eigenvalue weighted by atomic mass is 10.1. The van der Waals surface area contributed by atoms with Crippen molar-refractivity contribution in [1.82, 2.24) is 10.3 Å². The standard InChI is InChI=1S/C13H22N2O/c1-5-16-13(3,4)10-14-9-12-11(2)7-6-8-15-12/h6-8,14H,5,9-10H2,1-4H3. The van der Waals surface area contributed by atoms with Crippen LogP contribution in [0.2, 0.25) is 0 Å². The molecule has 1 heterocycles. The van der Waals surface area contributed by atoms with Crippen LogP contribution in [0.25, 0.3) is 0 Å². The van der Waals surface area contributed by atoms with Crippen molar-refractivity contribution >= 4 is 0 Å². The molecule has 0 spiro atoms. The summed E-state index contributed by atoms with van der Waals surface area (Å²) in [7, 11) is 0. The molecule has 0 saturated heterocycles. The molecule has 1 rings (SSSR count). The first-order valence-corrected chi connectivity index (χ1v) is 5.80. The van der Waals surface area contributed by atoms with Crippen LogP contribution in [0.5, 0.6) is 0 Å². The fourth-order valence-corrected chi connectivity index (χ4v) is 1.63. The molecule has 0 unspecified atom stereocenters. The van der Waals surface area contributed by atoms with Crippen LogP contribution in [0, 0.1) is 6.92 Å². The van der Waals surface area contributed by atoms with Crippen molar-refractivity contribution < 1.29 is 4.74 Å². The maximum absolute atomic E-state index is 5.61. The Morgan fingerprint density at radius 1 is 1.44 bits per heavy atom. The van der Waals surface area contributed by atoms with Gasteiger partial charge in [-0.25, -0.2) is 0 Å². The highest BCUT2D eigenvalue weighted by Gasteiger charge is 2.16. The van der Waals surface area contributed by atoms with Crippen LogP contribution in [0.15, 0.2) is 18.3 Å². The number of nitrogens with one attached hydrogen (secondary N) is 1. The summed E-state index contributed by atoms with van der Waals surface area (Å²) in [4.78, 5) is 4.34. The molecule has 3 heteroatoms. The Labute approximate surface area is 98.2 Å². The van der Waals surface area contributed by atoms with Gasteiger partial charge in [0.1, 0.15) is 0 Å². The highest BCUT2D eigenvalue weighted by Crippen LogP contribution is 2.08. The molecule has 3 nitrogen and oxygen atoms in total. The van der Waals surface area contributed by atoms with Crippen LogP contribution < -0.4 is 5.32 Å². The molecule has 0 radical (unpaired) electrons. The maximum atomic E-state index is 5.61. The lowest BCUT2D eigenvalue weighted by molar-refractivity contribution is -0.00902. The van der Waals surface area contributed by atoms with Crippen molar-refractivity contribution in [2.75, 3.05) is 13.2 Å². The van der Waals surface area contributed by atoms with Crippen LogP contribution in [0.3, 0.4) is 0 Å². The van der Waals surface area contributed by atoms with Crippen molar-refractivity contribution in [1.29, 1.82) is 0 Å². The van der Waals surface area contributed by atoms with Gasteiger partial charge in [-0.1, -0.05) is 6.07 Å². The van der Waals surface area contributed by atoms with Crippen molar-refractivity contribution in [3.05, 3.63) is 29.6 Å². The van der Waals surface area contributed by atoms with E-state index in [1.165, 1.54) is 5.56 Å². The molecular weight excluding hydrogens is 200 g/mol.